The average Bonchev–Trinajstić information content (AvgIpc) is 2.67. The van der Waals surface area contributed by atoms with E-state index in [1.54, 1.807) is 13.2 Å². The van der Waals surface area contributed by atoms with Gasteiger partial charge in [-0.05, 0) is 24.8 Å². The monoisotopic (exact) mass is 348 g/mol. The lowest BCUT2D eigenvalue weighted by atomic mass is 9.97. The summed E-state index contributed by atoms with van der Waals surface area (Å²) in [5, 5.41) is 2.98. The third-order valence-electron chi connectivity index (χ3n) is 4.84. The van der Waals surface area contributed by atoms with Crippen molar-refractivity contribution in [2.24, 2.45) is 5.92 Å². The fourth-order valence-corrected chi connectivity index (χ4v) is 3.50. The third kappa shape index (κ3) is 5.31. The van der Waals surface area contributed by atoms with E-state index in [2.05, 4.69) is 15.2 Å². The largest absolute Gasteiger partial charge is 0.481 e. The van der Waals surface area contributed by atoms with Crippen molar-refractivity contribution in [2.45, 2.75) is 19.4 Å². The van der Waals surface area contributed by atoms with Gasteiger partial charge in [0.1, 0.15) is 0 Å². The Kier molecular flexibility index (Phi) is 6.47. The number of aromatic nitrogens is 1. The Morgan fingerprint density at radius 1 is 1.36 bits per heavy atom. The number of ether oxygens (including phenoxy) is 2. The maximum atomic E-state index is 12.5. The number of likely N-dealkylation sites (tertiary alicyclic amines) is 1. The number of rotatable bonds is 5. The molecule has 3 heterocycles. The number of pyridine rings is 1. The predicted molar refractivity (Wildman–Crippen MR) is 94.6 cm³/mol. The summed E-state index contributed by atoms with van der Waals surface area (Å²) in [5.41, 5.74) is 0.801. The van der Waals surface area contributed by atoms with Gasteiger partial charge in [0.2, 0.25) is 5.88 Å². The van der Waals surface area contributed by atoms with Gasteiger partial charge in [0.25, 0.3) is 0 Å². The van der Waals surface area contributed by atoms with Gasteiger partial charge in [0.05, 0.1) is 32.6 Å². The van der Waals surface area contributed by atoms with E-state index in [1.807, 2.05) is 17.0 Å². The lowest BCUT2D eigenvalue weighted by Gasteiger charge is -2.36. The van der Waals surface area contributed by atoms with Crippen molar-refractivity contribution >= 4 is 6.03 Å². The summed E-state index contributed by atoms with van der Waals surface area (Å²) in [6.45, 7) is 6.79. The van der Waals surface area contributed by atoms with Crippen LogP contribution in [-0.2, 0) is 11.3 Å². The van der Waals surface area contributed by atoms with Crippen molar-refractivity contribution in [3.63, 3.8) is 0 Å². The summed E-state index contributed by atoms with van der Waals surface area (Å²) in [5.74, 6) is 1.11. The molecule has 7 heteroatoms. The minimum Gasteiger partial charge on any atom is -0.481 e. The zero-order valence-corrected chi connectivity index (χ0v) is 14.9. The molecule has 2 fully saturated rings. The number of hydrogen-bond donors (Lipinski definition) is 1. The first-order chi connectivity index (χ1) is 12.2. The number of morpholine rings is 1. The quantitative estimate of drug-likeness (QED) is 0.870. The number of carbonyl (C=O) groups excluding carboxylic acids is 1. The van der Waals surface area contributed by atoms with E-state index in [-0.39, 0.29) is 6.03 Å². The number of piperidine rings is 1. The standard InChI is InChI=1S/C18H28N4O3/c1-24-17-6-2-5-16(20-17)12-19-18(23)22-7-3-4-15(14-22)13-21-8-10-25-11-9-21/h2,5-6,15H,3-4,7-14H2,1H3,(H,19,23)/t15-/m1/s1. The van der Waals surface area contributed by atoms with Gasteiger partial charge in [-0.3, -0.25) is 4.90 Å². The Bertz CT molecular complexity index is 563. The molecule has 0 spiro atoms. The lowest BCUT2D eigenvalue weighted by molar-refractivity contribution is 0.0249. The molecule has 2 amide bonds. The molecule has 7 nitrogen and oxygen atoms in total. The van der Waals surface area contributed by atoms with E-state index < -0.39 is 0 Å². The van der Waals surface area contributed by atoms with Crippen molar-refractivity contribution in [1.82, 2.24) is 20.1 Å². The Labute approximate surface area is 149 Å². The second-order valence-corrected chi connectivity index (χ2v) is 6.70. The zero-order chi connectivity index (χ0) is 17.5. The molecule has 0 bridgehead atoms. The second kappa shape index (κ2) is 9.01. The van der Waals surface area contributed by atoms with Gasteiger partial charge in [0, 0.05) is 38.8 Å². The molecular formula is C18H28N4O3. The van der Waals surface area contributed by atoms with Crippen molar-refractivity contribution in [1.29, 1.82) is 0 Å². The molecule has 25 heavy (non-hydrogen) atoms. The van der Waals surface area contributed by atoms with Gasteiger partial charge in [-0.15, -0.1) is 0 Å². The zero-order valence-electron chi connectivity index (χ0n) is 14.9. The van der Waals surface area contributed by atoms with E-state index in [0.717, 1.165) is 58.1 Å². The summed E-state index contributed by atoms with van der Waals surface area (Å²) >= 11 is 0. The smallest absolute Gasteiger partial charge is 0.317 e. The normalized spacial score (nSPS) is 21.8. The minimum atomic E-state index is -0.00343. The Morgan fingerprint density at radius 3 is 3.00 bits per heavy atom. The lowest BCUT2D eigenvalue weighted by Crippen LogP contribution is -2.48. The summed E-state index contributed by atoms with van der Waals surface area (Å²) in [7, 11) is 1.59. The van der Waals surface area contributed by atoms with Gasteiger partial charge in [-0.2, -0.15) is 0 Å². The highest BCUT2D eigenvalue weighted by Gasteiger charge is 2.25. The molecule has 138 valence electrons. The van der Waals surface area contributed by atoms with Crippen LogP contribution in [0.4, 0.5) is 4.79 Å². The van der Waals surface area contributed by atoms with Gasteiger partial charge in [0.15, 0.2) is 0 Å². The molecule has 3 rings (SSSR count). The molecule has 1 atom stereocenters. The highest BCUT2D eigenvalue weighted by molar-refractivity contribution is 5.74. The first-order valence-corrected chi connectivity index (χ1v) is 9.07. The number of amides is 2. The molecular weight excluding hydrogens is 320 g/mol. The Hall–Kier alpha value is -1.86. The number of nitrogens with zero attached hydrogens (tertiary/aromatic N) is 3. The van der Waals surface area contributed by atoms with Crippen LogP contribution in [0.5, 0.6) is 5.88 Å². The van der Waals surface area contributed by atoms with E-state index in [1.165, 1.54) is 6.42 Å². The fourth-order valence-electron chi connectivity index (χ4n) is 3.50. The molecule has 1 aromatic heterocycles. The molecule has 0 aliphatic carbocycles. The van der Waals surface area contributed by atoms with E-state index in [0.29, 0.717) is 18.3 Å². The number of nitrogens with one attached hydrogen (secondary N) is 1. The van der Waals surface area contributed by atoms with Crippen molar-refractivity contribution < 1.29 is 14.3 Å². The van der Waals surface area contributed by atoms with Gasteiger partial charge in [-0.25, -0.2) is 9.78 Å². The number of urea groups is 1. The maximum absolute atomic E-state index is 12.5. The minimum absolute atomic E-state index is 0.00343. The first kappa shape index (κ1) is 17.9. The molecule has 0 radical (unpaired) electrons. The first-order valence-electron chi connectivity index (χ1n) is 9.07. The Balaban J connectivity index is 1.46. The summed E-state index contributed by atoms with van der Waals surface area (Å²) in [6.07, 6.45) is 2.26. The summed E-state index contributed by atoms with van der Waals surface area (Å²) in [6, 6.07) is 5.57. The van der Waals surface area contributed by atoms with Crippen LogP contribution < -0.4 is 10.1 Å². The highest BCUT2D eigenvalue weighted by Crippen LogP contribution is 2.18. The van der Waals surface area contributed by atoms with Gasteiger partial charge in [-0.1, -0.05) is 6.07 Å². The highest BCUT2D eigenvalue weighted by atomic mass is 16.5. The van der Waals surface area contributed by atoms with Crippen LogP contribution in [0.2, 0.25) is 0 Å². The number of carbonyl (C=O) groups is 1. The Morgan fingerprint density at radius 2 is 2.20 bits per heavy atom. The van der Waals surface area contributed by atoms with E-state index in [9.17, 15) is 4.79 Å². The topological polar surface area (TPSA) is 66.9 Å². The van der Waals surface area contributed by atoms with Gasteiger partial charge >= 0.3 is 6.03 Å². The number of hydrogen-bond acceptors (Lipinski definition) is 5. The predicted octanol–water partition coefficient (Wildman–Crippen LogP) is 1.34. The fraction of sp³-hybridized carbons (Fsp3) is 0.667. The van der Waals surface area contributed by atoms with Crippen LogP contribution in [0.25, 0.3) is 0 Å². The molecule has 2 saturated heterocycles. The van der Waals surface area contributed by atoms with Crippen LogP contribution in [-0.4, -0.2) is 73.9 Å². The number of methoxy groups -OCH3 is 1. The SMILES string of the molecule is COc1cccc(CNC(=O)N2CCC[C@H](CN3CCOCC3)C2)n1. The molecule has 0 saturated carbocycles. The molecule has 2 aliphatic heterocycles. The van der Waals surface area contributed by atoms with E-state index in [4.69, 9.17) is 9.47 Å². The van der Waals surface area contributed by atoms with Crippen LogP contribution in [0, 0.1) is 5.92 Å². The van der Waals surface area contributed by atoms with E-state index >= 15 is 0 Å². The molecule has 0 unspecified atom stereocenters. The van der Waals surface area contributed by atoms with Crippen molar-refractivity contribution in [2.75, 3.05) is 53.0 Å². The van der Waals surface area contributed by atoms with Crippen LogP contribution >= 0.6 is 0 Å². The summed E-state index contributed by atoms with van der Waals surface area (Å²) < 4.78 is 10.5. The molecule has 2 aliphatic rings. The molecule has 1 N–H and O–H groups in total. The second-order valence-electron chi connectivity index (χ2n) is 6.70. The van der Waals surface area contributed by atoms with Crippen molar-refractivity contribution in [3.05, 3.63) is 23.9 Å². The van der Waals surface area contributed by atoms with Crippen molar-refractivity contribution in [3.8, 4) is 5.88 Å². The maximum Gasteiger partial charge on any atom is 0.317 e. The average molecular weight is 348 g/mol. The molecule has 0 aromatic carbocycles. The van der Waals surface area contributed by atoms with Gasteiger partial charge < -0.3 is 19.7 Å². The van der Waals surface area contributed by atoms with Crippen LogP contribution in [0.3, 0.4) is 0 Å². The third-order valence-corrected chi connectivity index (χ3v) is 4.84. The van der Waals surface area contributed by atoms with Crippen LogP contribution in [0.1, 0.15) is 18.5 Å². The van der Waals surface area contributed by atoms with Crippen LogP contribution in [0.15, 0.2) is 18.2 Å². The molecule has 1 aromatic rings. The summed E-state index contributed by atoms with van der Waals surface area (Å²) in [4.78, 5) is 21.2.